The Morgan fingerprint density at radius 2 is 1.85 bits per heavy atom. The lowest BCUT2D eigenvalue weighted by atomic mass is 9.94. The Kier molecular flexibility index (Phi) is 7.70. The molecule has 0 spiro atoms. The first kappa shape index (κ1) is 24.0. The Labute approximate surface area is 204 Å². The zero-order valence-electron chi connectivity index (χ0n) is 20.0. The van der Waals surface area contributed by atoms with E-state index in [0.29, 0.717) is 31.5 Å². The molecule has 1 N–H and O–H groups in total. The first-order valence-corrected chi connectivity index (χ1v) is 12.7. The monoisotopic (exact) mass is 478 g/mol. The van der Waals surface area contributed by atoms with Crippen LogP contribution in [0.1, 0.15) is 43.3 Å². The van der Waals surface area contributed by atoms with Crippen molar-refractivity contribution in [3.63, 3.8) is 0 Å². The third kappa shape index (κ3) is 5.18. The van der Waals surface area contributed by atoms with Crippen molar-refractivity contribution in [1.29, 1.82) is 0 Å². The largest absolute Gasteiger partial charge is 0.382 e. The molecule has 3 aromatic rings. The summed E-state index contributed by atoms with van der Waals surface area (Å²) in [6.45, 7) is 7.74. The zero-order chi connectivity index (χ0) is 24.1. The lowest BCUT2D eigenvalue weighted by molar-refractivity contribution is 0.136. The van der Waals surface area contributed by atoms with Crippen molar-refractivity contribution in [2.24, 2.45) is 0 Å². The van der Waals surface area contributed by atoms with Gasteiger partial charge in [0.15, 0.2) is 0 Å². The average Bonchev–Trinajstić information content (AvgIpc) is 3.33. The van der Waals surface area contributed by atoms with Gasteiger partial charge in [0, 0.05) is 35.9 Å². The first-order chi connectivity index (χ1) is 16.5. The molecule has 7 nitrogen and oxygen atoms in total. The van der Waals surface area contributed by atoms with Gasteiger partial charge in [-0.3, -0.25) is 4.90 Å². The van der Waals surface area contributed by atoms with E-state index in [1.807, 2.05) is 63.4 Å². The number of thioether (sulfide) groups is 1. The molecule has 4 rings (SSSR count). The van der Waals surface area contributed by atoms with Crippen LogP contribution in [0.4, 0.5) is 4.79 Å². The van der Waals surface area contributed by atoms with Crippen molar-refractivity contribution in [3.05, 3.63) is 71.2 Å². The Bertz CT molecular complexity index is 1160. The van der Waals surface area contributed by atoms with E-state index in [2.05, 4.69) is 22.6 Å². The van der Waals surface area contributed by atoms with Crippen LogP contribution in [0.2, 0.25) is 0 Å². The maximum Gasteiger partial charge on any atom is 0.322 e. The predicted molar refractivity (Wildman–Crippen MR) is 134 cm³/mol. The minimum Gasteiger partial charge on any atom is -0.382 e. The second-order valence-corrected chi connectivity index (χ2v) is 9.03. The highest BCUT2D eigenvalue weighted by Crippen LogP contribution is 2.37. The molecule has 0 saturated carbocycles. The Morgan fingerprint density at radius 1 is 1.12 bits per heavy atom. The zero-order valence-corrected chi connectivity index (χ0v) is 20.8. The van der Waals surface area contributed by atoms with E-state index < -0.39 is 6.04 Å². The van der Waals surface area contributed by atoms with Crippen LogP contribution in [-0.2, 0) is 4.74 Å². The molecule has 34 heavy (non-hydrogen) atoms. The molecule has 1 aromatic heterocycles. The van der Waals surface area contributed by atoms with Gasteiger partial charge in [-0.15, -0.1) is 11.8 Å². The number of hydrogen-bond donors (Lipinski definition) is 1. The maximum atomic E-state index is 13.1. The van der Waals surface area contributed by atoms with E-state index in [-0.39, 0.29) is 6.03 Å². The standard InChI is InChI=1S/C26H30N4O3S/c1-5-32-16-6-15-30-18(3)22(23(27-26(30)31)19-11-13-21(34-4)14-12-19)25-28-24(29-33-25)20-9-7-17(2)8-10-20/h7-14,23H,5-6,15-16H2,1-4H3,(H,27,31). The second-order valence-electron chi connectivity index (χ2n) is 8.15. The molecule has 0 radical (unpaired) electrons. The lowest BCUT2D eigenvalue weighted by Crippen LogP contribution is -2.46. The quantitative estimate of drug-likeness (QED) is 0.314. The van der Waals surface area contributed by atoms with Gasteiger partial charge in [-0.05, 0) is 51.1 Å². The number of carbonyl (C=O) groups excluding carboxylic acids is 1. The number of nitrogens with zero attached hydrogens (tertiary/aromatic N) is 3. The number of ether oxygens (including phenoxy) is 1. The van der Waals surface area contributed by atoms with Crippen LogP contribution in [0.5, 0.6) is 0 Å². The molecule has 2 amide bonds. The fraction of sp³-hybridized carbons (Fsp3) is 0.346. The molecule has 2 heterocycles. The van der Waals surface area contributed by atoms with Crippen LogP contribution in [0.25, 0.3) is 17.0 Å². The van der Waals surface area contributed by atoms with E-state index in [1.165, 1.54) is 0 Å². The summed E-state index contributed by atoms with van der Waals surface area (Å²) in [6.07, 6.45) is 2.77. The molecule has 1 aliphatic rings. The fourth-order valence-corrected chi connectivity index (χ4v) is 4.40. The number of carbonyl (C=O) groups is 1. The smallest absolute Gasteiger partial charge is 0.322 e. The number of allylic oxidation sites excluding steroid dienone is 1. The summed E-state index contributed by atoms with van der Waals surface area (Å²) < 4.78 is 11.2. The number of urea groups is 1. The van der Waals surface area contributed by atoms with Gasteiger partial charge < -0.3 is 14.6 Å². The number of amides is 2. The van der Waals surface area contributed by atoms with Crippen molar-refractivity contribution < 1.29 is 14.1 Å². The maximum absolute atomic E-state index is 13.1. The van der Waals surface area contributed by atoms with E-state index >= 15 is 0 Å². The topological polar surface area (TPSA) is 80.5 Å². The van der Waals surface area contributed by atoms with Crippen LogP contribution in [0.3, 0.4) is 0 Å². The van der Waals surface area contributed by atoms with Crippen LogP contribution >= 0.6 is 11.8 Å². The highest BCUT2D eigenvalue weighted by Gasteiger charge is 2.35. The van der Waals surface area contributed by atoms with Crippen LogP contribution in [0, 0.1) is 6.92 Å². The van der Waals surface area contributed by atoms with E-state index in [4.69, 9.17) is 14.2 Å². The lowest BCUT2D eigenvalue weighted by Gasteiger charge is -2.35. The fourth-order valence-electron chi connectivity index (χ4n) is 4.00. The molecule has 178 valence electrons. The third-order valence-corrected chi connectivity index (χ3v) is 6.63. The Hall–Kier alpha value is -3.10. The molecule has 0 bridgehead atoms. The van der Waals surface area contributed by atoms with Crippen LogP contribution in [-0.4, -0.2) is 47.1 Å². The van der Waals surface area contributed by atoms with E-state index in [0.717, 1.165) is 39.3 Å². The summed E-state index contributed by atoms with van der Waals surface area (Å²) >= 11 is 1.68. The third-order valence-electron chi connectivity index (χ3n) is 5.89. The number of hydrogen-bond acceptors (Lipinski definition) is 6. The van der Waals surface area contributed by atoms with Crippen molar-refractivity contribution in [2.75, 3.05) is 26.0 Å². The van der Waals surface area contributed by atoms with Crippen molar-refractivity contribution in [2.45, 2.75) is 38.1 Å². The minimum atomic E-state index is -0.391. The second kappa shape index (κ2) is 10.9. The molecule has 8 heteroatoms. The van der Waals surface area contributed by atoms with Crippen molar-refractivity contribution in [3.8, 4) is 11.4 Å². The van der Waals surface area contributed by atoms with Gasteiger partial charge in [-0.1, -0.05) is 47.1 Å². The van der Waals surface area contributed by atoms with Gasteiger partial charge in [0.25, 0.3) is 5.89 Å². The van der Waals surface area contributed by atoms with Gasteiger partial charge in [-0.2, -0.15) is 4.98 Å². The van der Waals surface area contributed by atoms with Crippen molar-refractivity contribution >= 4 is 23.4 Å². The number of rotatable bonds is 9. The average molecular weight is 479 g/mol. The number of aromatic nitrogens is 2. The van der Waals surface area contributed by atoms with E-state index in [1.54, 1.807) is 16.7 Å². The molecular formula is C26H30N4O3S. The first-order valence-electron chi connectivity index (χ1n) is 11.4. The Morgan fingerprint density at radius 3 is 2.53 bits per heavy atom. The van der Waals surface area contributed by atoms with Gasteiger partial charge in [0.2, 0.25) is 5.82 Å². The molecule has 1 aliphatic heterocycles. The molecule has 2 aromatic carbocycles. The molecule has 1 atom stereocenters. The van der Waals surface area contributed by atoms with Crippen molar-refractivity contribution in [1.82, 2.24) is 20.4 Å². The number of nitrogens with one attached hydrogen (secondary N) is 1. The summed E-state index contributed by atoms with van der Waals surface area (Å²) in [5, 5.41) is 7.39. The summed E-state index contributed by atoms with van der Waals surface area (Å²) in [5.74, 6) is 0.924. The molecule has 0 aliphatic carbocycles. The molecule has 1 unspecified atom stereocenters. The summed E-state index contributed by atoms with van der Waals surface area (Å²) in [4.78, 5) is 20.7. The molecule has 0 saturated heterocycles. The van der Waals surface area contributed by atoms with Gasteiger partial charge >= 0.3 is 6.03 Å². The molecular weight excluding hydrogens is 448 g/mol. The summed E-state index contributed by atoms with van der Waals surface area (Å²) in [7, 11) is 0. The van der Waals surface area contributed by atoms with Crippen LogP contribution < -0.4 is 5.32 Å². The summed E-state index contributed by atoms with van der Waals surface area (Å²) in [5.41, 5.74) is 4.62. The number of benzene rings is 2. The normalized spacial score (nSPS) is 16.2. The highest BCUT2D eigenvalue weighted by molar-refractivity contribution is 7.98. The van der Waals surface area contributed by atoms with E-state index in [9.17, 15) is 4.79 Å². The van der Waals surface area contributed by atoms with Gasteiger partial charge in [0.1, 0.15) is 0 Å². The SMILES string of the molecule is CCOCCCN1C(=O)NC(c2ccc(SC)cc2)C(c2nc(-c3ccc(C)cc3)no2)=C1C. The number of aryl methyl sites for hydroxylation is 1. The highest BCUT2D eigenvalue weighted by atomic mass is 32.2. The molecule has 0 fully saturated rings. The van der Waals surface area contributed by atoms with Gasteiger partial charge in [0.05, 0.1) is 11.6 Å². The summed E-state index contributed by atoms with van der Waals surface area (Å²) in [6, 6.07) is 15.6. The Balaban J connectivity index is 1.72. The van der Waals surface area contributed by atoms with Gasteiger partial charge in [-0.25, -0.2) is 4.79 Å². The minimum absolute atomic E-state index is 0.144. The predicted octanol–water partition coefficient (Wildman–Crippen LogP) is 5.69. The van der Waals surface area contributed by atoms with Crippen LogP contribution in [0.15, 0.2) is 63.6 Å².